The molecule has 1 heterocycles. The lowest BCUT2D eigenvalue weighted by Crippen LogP contribution is -2.53. The molecule has 1 fully saturated rings. The van der Waals surface area contributed by atoms with Crippen LogP contribution in [0.25, 0.3) is 0 Å². The van der Waals surface area contributed by atoms with E-state index in [1.165, 1.54) is 6.54 Å². The van der Waals surface area contributed by atoms with Crippen molar-refractivity contribution in [2.24, 2.45) is 5.92 Å². The van der Waals surface area contributed by atoms with Crippen LogP contribution in [0.5, 0.6) is 0 Å². The van der Waals surface area contributed by atoms with E-state index in [1.54, 1.807) is 0 Å². The lowest BCUT2D eigenvalue weighted by atomic mass is 10.1. The first-order valence-corrected chi connectivity index (χ1v) is 6.08. The summed E-state index contributed by atoms with van der Waals surface area (Å²) >= 11 is 9.33. The third-order valence-electron chi connectivity index (χ3n) is 2.58. The van der Waals surface area contributed by atoms with E-state index in [9.17, 15) is 0 Å². The Hall–Kier alpha value is 0.200. The van der Waals surface area contributed by atoms with Crippen molar-refractivity contribution in [2.75, 3.05) is 26.2 Å². The Labute approximate surface area is 98.1 Å². The third-order valence-corrected chi connectivity index (χ3v) is 3.07. The van der Waals surface area contributed by atoms with E-state index in [0.717, 1.165) is 29.9 Å². The highest BCUT2D eigenvalue weighted by Crippen LogP contribution is 2.13. The molecule has 0 bridgehead atoms. The Morgan fingerprint density at radius 3 is 2.57 bits per heavy atom. The van der Waals surface area contributed by atoms with Gasteiger partial charge in [-0.05, 0) is 12.8 Å². The fourth-order valence-electron chi connectivity index (χ4n) is 2.00. The van der Waals surface area contributed by atoms with Crippen molar-refractivity contribution in [3.8, 4) is 0 Å². The first kappa shape index (κ1) is 12.3. The van der Waals surface area contributed by atoms with Crippen LogP contribution in [0.15, 0.2) is 0 Å². The molecule has 0 N–H and O–H groups in total. The molecule has 0 aromatic carbocycles. The first-order chi connectivity index (χ1) is 6.50. The molecule has 0 aromatic rings. The predicted octanol–water partition coefficient (Wildman–Crippen LogP) is 1.86. The van der Waals surface area contributed by atoms with E-state index >= 15 is 0 Å². The monoisotopic (exact) mass is 232 g/mol. The molecule has 1 aliphatic heterocycles. The van der Waals surface area contributed by atoms with Crippen LogP contribution in [-0.2, 0) is 0 Å². The van der Waals surface area contributed by atoms with Crippen LogP contribution in [0.2, 0.25) is 0 Å². The highest BCUT2D eigenvalue weighted by atomic mass is 32.1. The van der Waals surface area contributed by atoms with Gasteiger partial charge >= 0.3 is 0 Å². The molecule has 2 nitrogen and oxygen atoms in total. The summed E-state index contributed by atoms with van der Waals surface area (Å²) in [6, 6.07) is 0.507. The Bertz CT molecular complexity index is 206. The maximum Gasteiger partial charge on any atom is 0.133 e. The van der Waals surface area contributed by atoms with Crippen LogP contribution in [0.4, 0.5) is 0 Å². The number of hydrogen-bond acceptors (Lipinski definition) is 2. The number of nitrogens with zero attached hydrogens (tertiary/aromatic N) is 2. The Balaban J connectivity index is 2.42. The van der Waals surface area contributed by atoms with Crippen LogP contribution in [0, 0.1) is 5.92 Å². The molecular weight excluding hydrogens is 212 g/mol. The average molecular weight is 232 g/mol. The normalized spacial score (nSPS) is 24.4. The van der Waals surface area contributed by atoms with Crippen LogP contribution >= 0.6 is 24.8 Å². The molecule has 0 aliphatic carbocycles. The lowest BCUT2D eigenvalue weighted by Gasteiger charge is -2.40. The Morgan fingerprint density at radius 2 is 2.14 bits per heavy atom. The quantitative estimate of drug-likeness (QED) is 0.574. The van der Waals surface area contributed by atoms with Gasteiger partial charge in [0, 0.05) is 32.2 Å². The van der Waals surface area contributed by atoms with Crippen LogP contribution < -0.4 is 0 Å². The summed E-state index contributed by atoms with van der Waals surface area (Å²) in [5.41, 5.74) is 0. The summed E-state index contributed by atoms with van der Waals surface area (Å²) in [6.07, 6.45) is 0. The SMILES string of the molecule is CC(C)CN1CCN(C(=S)S)C(C)C1. The number of thiocarbonyl (C=S) groups is 1. The number of hydrogen-bond donors (Lipinski definition) is 1. The molecule has 82 valence electrons. The topological polar surface area (TPSA) is 6.48 Å². The molecule has 0 saturated carbocycles. The minimum absolute atomic E-state index is 0.507. The van der Waals surface area contributed by atoms with Gasteiger partial charge in [0.05, 0.1) is 0 Å². The molecule has 4 heteroatoms. The summed E-state index contributed by atoms with van der Waals surface area (Å²) in [4.78, 5) is 4.72. The molecular formula is C10H20N2S2. The van der Waals surface area contributed by atoms with E-state index < -0.39 is 0 Å². The average Bonchev–Trinajstić information content (AvgIpc) is 2.01. The summed E-state index contributed by atoms with van der Waals surface area (Å²) in [5.74, 6) is 0.747. The van der Waals surface area contributed by atoms with Crippen molar-refractivity contribution in [2.45, 2.75) is 26.8 Å². The Kier molecular flexibility index (Phi) is 4.67. The second kappa shape index (κ2) is 5.33. The van der Waals surface area contributed by atoms with Gasteiger partial charge in [-0.1, -0.05) is 26.1 Å². The van der Waals surface area contributed by atoms with Gasteiger partial charge in [0.15, 0.2) is 0 Å². The van der Waals surface area contributed by atoms with Gasteiger partial charge in [-0.2, -0.15) is 0 Å². The zero-order chi connectivity index (χ0) is 10.7. The van der Waals surface area contributed by atoms with E-state index in [0.29, 0.717) is 6.04 Å². The van der Waals surface area contributed by atoms with Crippen molar-refractivity contribution < 1.29 is 0 Å². The molecule has 1 unspecified atom stereocenters. The van der Waals surface area contributed by atoms with Gasteiger partial charge in [0.2, 0.25) is 0 Å². The van der Waals surface area contributed by atoms with Gasteiger partial charge in [-0.3, -0.25) is 4.90 Å². The van der Waals surface area contributed by atoms with E-state index in [2.05, 4.69) is 43.2 Å². The summed E-state index contributed by atoms with van der Waals surface area (Å²) in [5, 5.41) is 0. The molecule has 1 rings (SSSR count). The second-order valence-corrected chi connectivity index (χ2v) is 5.59. The fraction of sp³-hybridized carbons (Fsp3) is 0.900. The van der Waals surface area contributed by atoms with Crippen LogP contribution in [0.1, 0.15) is 20.8 Å². The standard InChI is InChI=1S/C10H20N2S2/c1-8(2)6-11-4-5-12(10(13)14)9(3)7-11/h8-9H,4-7H2,1-3H3,(H,13,14). The van der Waals surface area contributed by atoms with Gasteiger partial charge in [-0.25, -0.2) is 0 Å². The smallest absolute Gasteiger partial charge is 0.133 e. The van der Waals surface area contributed by atoms with Crippen molar-refractivity contribution >= 4 is 29.2 Å². The Morgan fingerprint density at radius 1 is 1.50 bits per heavy atom. The van der Waals surface area contributed by atoms with Crippen molar-refractivity contribution in [1.29, 1.82) is 0 Å². The van der Waals surface area contributed by atoms with Gasteiger partial charge in [0.1, 0.15) is 4.32 Å². The molecule has 0 radical (unpaired) electrons. The van der Waals surface area contributed by atoms with Crippen molar-refractivity contribution in [3.63, 3.8) is 0 Å². The first-order valence-electron chi connectivity index (χ1n) is 5.22. The molecule has 1 aliphatic rings. The van der Waals surface area contributed by atoms with Crippen molar-refractivity contribution in [1.82, 2.24) is 9.80 Å². The predicted molar refractivity (Wildman–Crippen MR) is 69.0 cm³/mol. The number of piperazine rings is 1. The second-order valence-electron chi connectivity index (χ2n) is 4.48. The van der Waals surface area contributed by atoms with Crippen molar-refractivity contribution in [3.05, 3.63) is 0 Å². The molecule has 1 saturated heterocycles. The fourth-order valence-corrected chi connectivity index (χ4v) is 2.57. The number of thiol groups is 1. The lowest BCUT2D eigenvalue weighted by molar-refractivity contribution is 0.128. The highest BCUT2D eigenvalue weighted by molar-refractivity contribution is 8.10. The largest absolute Gasteiger partial charge is 0.352 e. The summed E-state index contributed by atoms with van der Waals surface area (Å²) in [6.45, 7) is 11.2. The van der Waals surface area contributed by atoms with Gasteiger partial charge < -0.3 is 4.90 Å². The van der Waals surface area contributed by atoms with Crippen LogP contribution in [-0.4, -0.2) is 46.3 Å². The van der Waals surface area contributed by atoms with Crippen LogP contribution in [0.3, 0.4) is 0 Å². The molecule has 14 heavy (non-hydrogen) atoms. The number of rotatable bonds is 2. The summed E-state index contributed by atoms with van der Waals surface area (Å²) in [7, 11) is 0. The molecule has 0 spiro atoms. The van der Waals surface area contributed by atoms with Gasteiger partial charge in [0.25, 0.3) is 0 Å². The minimum Gasteiger partial charge on any atom is -0.352 e. The maximum atomic E-state index is 5.09. The van der Waals surface area contributed by atoms with E-state index in [-0.39, 0.29) is 0 Å². The highest BCUT2D eigenvalue weighted by Gasteiger charge is 2.24. The molecule has 0 aromatic heterocycles. The zero-order valence-corrected chi connectivity index (χ0v) is 10.9. The minimum atomic E-state index is 0.507. The van der Waals surface area contributed by atoms with E-state index in [1.807, 2.05) is 0 Å². The van der Waals surface area contributed by atoms with Gasteiger partial charge in [-0.15, -0.1) is 12.6 Å². The van der Waals surface area contributed by atoms with E-state index in [4.69, 9.17) is 12.2 Å². The maximum absolute atomic E-state index is 5.09. The molecule has 1 atom stereocenters. The zero-order valence-electron chi connectivity index (χ0n) is 9.23. The molecule has 0 amide bonds. The summed E-state index contributed by atoms with van der Waals surface area (Å²) < 4.78 is 0.738. The third kappa shape index (κ3) is 3.41.